The minimum atomic E-state index is -1.29. The molecule has 0 saturated carbocycles. The highest BCUT2D eigenvalue weighted by Crippen LogP contribution is 2.27. The van der Waals surface area contributed by atoms with E-state index in [1.165, 1.54) is 0 Å². The Labute approximate surface area is 97.4 Å². The summed E-state index contributed by atoms with van der Waals surface area (Å²) in [5.74, 6) is -4.73. The molecular weight excluding hydrogens is 222 g/mol. The monoisotopic (exact) mass is 233 g/mol. The Morgan fingerprint density at radius 2 is 1.88 bits per heavy atom. The molecule has 2 atom stereocenters. The Hall–Kier alpha value is -2.17. The molecule has 5 heteroatoms. The van der Waals surface area contributed by atoms with Crippen molar-refractivity contribution in [3.8, 4) is 0 Å². The minimum absolute atomic E-state index is 0.172. The molecule has 5 nitrogen and oxygen atoms in total. The first kappa shape index (κ1) is 11.3. The molecule has 0 aliphatic carbocycles. The van der Waals surface area contributed by atoms with Crippen LogP contribution >= 0.6 is 0 Å². The number of Topliss-reactive ketones (excluding diaryl/α,β-unsaturated/α-hetero) is 1. The molecule has 0 aromatic heterocycles. The fourth-order valence-corrected chi connectivity index (χ4v) is 2.03. The Balaban J connectivity index is 2.36. The second-order valence-corrected chi connectivity index (χ2v) is 3.91. The van der Waals surface area contributed by atoms with Crippen LogP contribution in [0, 0.1) is 5.92 Å². The molecule has 1 heterocycles. The second-order valence-electron chi connectivity index (χ2n) is 3.91. The van der Waals surface area contributed by atoms with Crippen molar-refractivity contribution in [1.29, 1.82) is 0 Å². The van der Waals surface area contributed by atoms with Crippen LogP contribution in [0.15, 0.2) is 30.3 Å². The van der Waals surface area contributed by atoms with Gasteiger partial charge in [-0.1, -0.05) is 30.3 Å². The van der Waals surface area contributed by atoms with E-state index in [9.17, 15) is 14.4 Å². The summed E-state index contributed by atoms with van der Waals surface area (Å²) >= 11 is 0. The molecule has 1 aromatic carbocycles. The van der Waals surface area contributed by atoms with E-state index in [0.29, 0.717) is 0 Å². The van der Waals surface area contributed by atoms with Crippen molar-refractivity contribution in [3.05, 3.63) is 35.9 Å². The molecule has 0 radical (unpaired) electrons. The molecule has 2 rings (SSSR count). The molecular formula is C12H11NO4. The Morgan fingerprint density at radius 3 is 2.47 bits per heavy atom. The summed E-state index contributed by atoms with van der Waals surface area (Å²) in [6, 6.07) is 8.86. The number of piperidine rings is 1. The van der Waals surface area contributed by atoms with E-state index < -0.39 is 29.5 Å². The van der Waals surface area contributed by atoms with Gasteiger partial charge in [-0.3, -0.25) is 14.4 Å². The first-order valence-corrected chi connectivity index (χ1v) is 5.21. The largest absolute Gasteiger partial charge is 0.481 e. The minimum Gasteiger partial charge on any atom is -0.481 e. The molecule has 1 amide bonds. The van der Waals surface area contributed by atoms with Gasteiger partial charge in [0.05, 0.1) is 0 Å². The van der Waals surface area contributed by atoms with Gasteiger partial charge in [0.2, 0.25) is 5.78 Å². The summed E-state index contributed by atoms with van der Waals surface area (Å²) in [7, 11) is 0. The number of ketones is 1. The standard InChI is InChI=1S/C12H11NO4/c14-10-9(12(16)17)8(6-13-11(10)15)7-4-2-1-3-5-7/h1-5,8-9H,6H2,(H,13,15)(H,16,17). The second kappa shape index (κ2) is 4.37. The lowest BCUT2D eigenvalue weighted by atomic mass is 9.80. The number of carboxylic acid groups (broad SMARTS) is 1. The Kier molecular flexibility index (Phi) is 2.91. The first-order valence-electron chi connectivity index (χ1n) is 5.21. The average molecular weight is 233 g/mol. The number of nitrogens with one attached hydrogen (secondary N) is 1. The van der Waals surface area contributed by atoms with Gasteiger partial charge in [-0.05, 0) is 5.56 Å². The van der Waals surface area contributed by atoms with Gasteiger partial charge in [0.1, 0.15) is 5.92 Å². The van der Waals surface area contributed by atoms with Gasteiger partial charge < -0.3 is 10.4 Å². The molecule has 1 fully saturated rings. The lowest BCUT2D eigenvalue weighted by Crippen LogP contribution is -2.50. The zero-order valence-corrected chi connectivity index (χ0v) is 8.92. The van der Waals surface area contributed by atoms with E-state index >= 15 is 0 Å². The molecule has 2 N–H and O–H groups in total. The SMILES string of the molecule is O=C1NCC(c2ccccc2)C(C(=O)O)C1=O. The predicted molar refractivity (Wildman–Crippen MR) is 58.3 cm³/mol. The van der Waals surface area contributed by atoms with Crippen LogP contribution < -0.4 is 5.32 Å². The number of carbonyl (C=O) groups is 3. The summed E-state index contributed by atoms with van der Waals surface area (Å²) in [5.41, 5.74) is 0.744. The third-order valence-electron chi connectivity index (χ3n) is 2.88. The van der Waals surface area contributed by atoms with E-state index in [2.05, 4.69) is 5.32 Å². The van der Waals surface area contributed by atoms with Gasteiger partial charge in [-0.2, -0.15) is 0 Å². The predicted octanol–water partition coefficient (Wildman–Crippen LogP) is 0.170. The summed E-state index contributed by atoms with van der Waals surface area (Å²) in [5, 5.41) is 11.5. The van der Waals surface area contributed by atoms with Crippen LogP contribution in [0.2, 0.25) is 0 Å². The fourth-order valence-electron chi connectivity index (χ4n) is 2.03. The average Bonchev–Trinajstić information content (AvgIpc) is 2.33. The lowest BCUT2D eigenvalue weighted by molar-refractivity contribution is -0.153. The summed E-state index contributed by atoms with van der Waals surface area (Å²) in [6.45, 7) is 0.172. The van der Waals surface area contributed by atoms with Gasteiger partial charge in [0, 0.05) is 12.5 Å². The highest BCUT2D eigenvalue weighted by atomic mass is 16.4. The normalized spacial score (nSPS) is 24.2. The van der Waals surface area contributed by atoms with Gasteiger partial charge in [-0.25, -0.2) is 0 Å². The number of aliphatic carboxylic acids is 1. The van der Waals surface area contributed by atoms with E-state index in [1.54, 1.807) is 24.3 Å². The van der Waals surface area contributed by atoms with E-state index in [0.717, 1.165) is 5.56 Å². The van der Waals surface area contributed by atoms with Gasteiger partial charge in [-0.15, -0.1) is 0 Å². The smallest absolute Gasteiger partial charge is 0.315 e. The molecule has 1 aliphatic heterocycles. The number of carbonyl (C=O) groups excluding carboxylic acids is 2. The van der Waals surface area contributed by atoms with Crippen molar-refractivity contribution in [1.82, 2.24) is 5.32 Å². The quantitative estimate of drug-likeness (QED) is 0.563. The fraction of sp³-hybridized carbons (Fsp3) is 0.250. The molecule has 88 valence electrons. The summed E-state index contributed by atoms with van der Waals surface area (Å²) < 4.78 is 0. The lowest BCUT2D eigenvalue weighted by Gasteiger charge is -2.27. The maximum atomic E-state index is 11.6. The van der Waals surface area contributed by atoms with Crippen LogP contribution in [0.25, 0.3) is 0 Å². The zero-order chi connectivity index (χ0) is 12.4. The van der Waals surface area contributed by atoms with E-state index in [4.69, 9.17) is 5.11 Å². The van der Waals surface area contributed by atoms with Crippen LogP contribution in [0.1, 0.15) is 11.5 Å². The van der Waals surface area contributed by atoms with E-state index in [-0.39, 0.29) is 6.54 Å². The third-order valence-corrected chi connectivity index (χ3v) is 2.88. The molecule has 0 spiro atoms. The van der Waals surface area contributed by atoms with Crippen LogP contribution in [-0.4, -0.2) is 29.3 Å². The molecule has 0 bridgehead atoms. The highest BCUT2D eigenvalue weighted by molar-refractivity contribution is 6.41. The molecule has 17 heavy (non-hydrogen) atoms. The highest BCUT2D eigenvalue weighted by Gasteiger charge is 2.42. The number of carboxylic acids is 1. The van der Waals surface area contributed by atoms with Crippen LogP contribution in [0.4, 0.5) is 0 Å². The maximum absolute atomic E-state index is 11.6. The molecule has 1 aliphatic rings. The van der Waals surface area contributed by atoms with Crippen LogP contribution in [0.5, 0.6) is 0 Å². The van der Waals surface area contributed by atoms with Crippen LogP contribution in [0.3, 0.4) is 0 Å². The Bertz CT molecular complexity index is 469. The molecule has 1 aromatic rings. The third kappa shape index (κ3) is 2.04. The van der Waals surface area contributed by atoms with Crippen molar-refractivity contribution in [2.24, 2.45) is 5.92 Å². The van der Waals surface area contributed by atoms with Gasteiger partial charge in [0.25, 0.3) is 5.91 Å². The number of hydrogen-bond acceptors (Lipinski definition) is 3. The van der Waals surface area contributed by atoms with Crippen molar-refractivity contribution in [3.63, 3.8) is 0 Å². The van der Waals surface area contributed by atoms with E-state index in [1.807, 2.05) is 6.07 Å². The van der Waals surface area contributed by atoms with Crippen molar-refractivity contribution < 1.29 is 19.5 Å². The van der Waals surface area contributed by atoms with Crippen molar-refractivity contribution in [2.75, 3.05) is 6.54 Å². The van der Waals surface area contributed by atoms with Crippen LogP contribution in [-0.2, 0) is 14.4 Å². The Morgan fingerprint density at radius 1 is 1.24 bits per heavy atom. The van der Waals surface area contributed by atoms with Crippen molar-refractivity contribution >= 4 is 17.7 Å². The first-order chi connectivity index (χ1) is 8.11. The number of amides is 1. The summed E-state index contributed by atoms with van der Waals surface area (Å²) in [4.78, 5) is 33.8. The van der Waals surface area contributed by atoms with Crippen molar-refractivity contribution in [2.45, 2.75) is 5.92 Å². The number of rotatable bonds is 2. The zero-order valence-electron chi connectivity index (χ0n) is 8.92. The van der Waals surface area contributed by atoms with Gasteiger partial charge >= 0.3 is 5.97 Å². The van der Waals surface area contributed by atoms with Gasteiger partial charge in [0.15, 0.2) is 0 Å². The maximum Gasteiger partial charge on any atom is 0.315 e. The molecule has 1 saturated heterocycles. The topological polar surface area (TPSA) is 83.5 Å². The summed E-state index contributed by atoms with van der Waals surface area (Å²) in [6.07, 6.45) is 0. The number of benzene rings is 1. The number of hydrogen-bond donors (Lipinski definition) is 2. The molecule has 2 unspecified atom stereocenters.